The van der Waals surface area contributed by atoms with Crippen LogP contribution in [0.3, 0.4) is 0 Å². The van der Waals surface area contributed by atoms with Crippen LogP contribution in [0.4, 0.5) is 0 Å². The van der Waals surface area contributed by atoms with Crippen LogP contribution in [-0.4, -0.2) is 73.6 Å². The van der Waals surface area contributed by atoms with Crippen LogP contribution in [0.15, 0.2) is 0 Å². The highest BCUT2D eigenvalue weighted by atomic mass is 31.2. The zero-order chi connectivity index (χ0) is 24.2. The quantitative estimate of drug-likeness (QED) is 0.249. The van der Waals surface area contributed by atoms with Crippen molar-refractivity contribution < 1.29 is 32.0 Å². The van der Waals surface area contributed by atoms with Crippen LogP contribution < -0.4 is 0 Å². The van der Waals surface area contributed by atoms with Crippen molar-refractivity contribution in [2.45, 2.75) is 108 Å². The van der Waals surface area contributed by atoms with Crippen LogP contribution >= 0.6 is 7.82 Å². The first-order valence-electron chi connectivity index (χ1n) is 11.2. The van der Waals surface area contributed by atoms with Gasteiger partial charge in [-0.15, -0.1) is 0 Å². The lowest BCUT2D eigenvalue weighted by Gasteiger charge is -2.39. The van der Waals surface area contributed by atoms with Crippen molar-refractivity contribution in [1.82, 2.24) is 0 Å². The molecule has 2 aliphatic rings. The molecule has 1 unspecified atom stereocenters. The number of ether oxygens (including phenoxy) is 2. The first-order valence-corrected chi connectivity index (χ1v) is 15.6. The van der Waals surface area contributed by atoms with Crippen molar-refractivity contribution in [3.63, 3.8) is 0 Å². The Morgan fingerprint density at radius 2 is 1.69 bits per heavy atom. The molecule has 2 heterocycles. The molecule has 0 saturated carbocycles. The van der Waals surface area contributed by atoms with Crippen molar-refractivity contribution in [1.29, 1.82) is 5.26 Å². The minimum atomic E-state index is -4.01. The average molecular weight is 483 g/mol. The topological polar surface area (TPSA) is 96.2 Å². The molecule has 0 amide bonds. The number of nitrogens with zero attached hydrogens (tertiary/aromatic N) is 1. The zero-order valence-corrected chi connectivity index (χ0v) is 22.0. The second-order valence-corrected chi connectivity index (χ2v) is 16.2. The van der Waals surface area contributed by atoms with E-state index in [9.17, 15) is 4.57 Å². The molecule has 2 saturated heterocycles. The summed E-state index contributed by atoms with van der Waals surface area (Å²) in [4.78, 5) is 0. The van der Waals surface area contributed by atoms with E-state index in [1.54, 1.807) is 0 Å². The van der Waals surface area contributed by atoms with Gasteiger partial charge in [0.1, 0.15) is 21.8 Å². The van der Waals surface area contributed by atoms with E-state index in [0.717, 1.165) is 0 Å². The second kappa shape index (κ2) is 11.5. The highest BCUT2D eigenvalue weighted by molar-refractivity contribution is 7.48. The summed E-state index contributed by atoms with van der Waals surface area (Å²) >= 11 is 0. The molecule has 2 aliphatic heterocycles. The van der Waals surface area contributed by atoms with E-state index >= 15 is 0 Å². The summed E-state index contributed by atoms with van der Waals surface area (Å²) in [6.07, 6.45) is -0.0682. The fraction of sp³-hybridized carbons (Fsp3) is 0.950. The fourth-order valence-corrected chi connectivity index (χ4v) is 6.18. The minimum absolute atomic E-state index is 0.0142. The zero-order valence-electron chi connectivity index (χ0n) is 20.1. The summed E-state index contributed by atoms with van der Waals surface area (Å²) in [5, 5.41) is 8.83. The van der Waals surface area contributed by atoms with Crippen LogP contribution in [0.5, 0.6) is 0 Å². The first kappa shape index (κ1) is 28.1. The van der Waals surface area contributed by atoms with Crippen LogP contribution in [0.2, 0.25) is 18.1 Å². The van der Waals surface area contributed by atoms with Crippen LogP contribution in [-0.2, 0) is 32.0 Å². The molecular formula is C20H36B2NO7PSi. The highest BCUT2D eigenvalue weighted by Crippen LogP contribution is 2.53. The lowest BCUT2D eigenvalue weighted by molar-refractivity contribution is -0.0193. The Kier molecular flexibility index (Phi) is 10.1. The fourth-order valence-electron chi connectivity index (χ4n) is 3.42. The van der Waals surface area contributed by atoms with Crippen molar-refractivity contribution >= 4 is 31.8 Å². The standard InChI is InChI=1S/C20H36B2NO7PSi/c1-7-14-15(11-18(21)27-14)29-31(24,25-10-8-9-23)26-13-17-16(12-19(22)28-17)30-32(5,6)20(2,3)4/h14-19H,7-8,10-13H2,1-6H3/t14-,15-,16-,17-,18-,19-,31?/m1/s1. The van der Waals surface area contributed by atoms with E-state index in [4.69, 9.17) is 48.4 Å². The number of phosphoric ester groups is 1. The maximum Gasteiger partial charge on any atom is 0.475 e. The van der Waals surface area contributed by atoms with Gasteiger partial charge in [-0.1, -0.05) is 27.7 Å². The average Bonchev–Trinajstić information content (AvgIpc) is 3.20. The molecule has 4 radical (unpaired) electrons. The predicted octanol–water partition coefficient (Wildman–Crippen LogP) is 3.79. The van der Waals surface area contributed by atoms with Crippen molar-refractivity contribution in [3.8, 4) is 6.07 Å². The molecule has 2 rings (SSSR count). The second-order valence-electron chi connectivity index (χ2n) is 9.85. The molecule has 0 spiro atoms. The van der Waals surface area contributed by atoms with Crippen molar-refractivity contribution in [3.05, 3.63) is 0 Å². The summed E-state index contributed by atoms with van der Waals surface area (Å²) in [7, 11) is 5.80. The van der Waals surface area contributed by atoms with Gasteiger partial charge in [-0.05, 0) is 37.4 Å². The molecule has 0 aromatic heterocycles. The SMILES string of the molecule is [B][C@H]1C[C@@H](O[Si](C)(C)C(C)(C)C)[C@@H](COP(=O)(OCCC#N)O[C@@H]2C[C@H]([B])O[C@@H]2CC)O1. The molecule has 0 aromatic rings. The predicted molar refractivity (Wildman–Crippen MR) is 125 cm³/mol. The lowest BCUT2D eigenvalue weighted by atomic mass is 9.96. The summed E-state index contributed by atoms with van der Waals surface area (Å²) in [6, 6.07) is 0.952. The summed E-state index contributed by atoms with van der Waals surface area (Å²) in [5.74, 6) is 0. The van der Waals surface area contributed by atoms with Gasteiger partial charge < -0.3 is 13.9 Å². The van der Waals surface area contributed by atoms with Crippen molar-refractivity contribution in [2.75, 3.05) is 13.2 Å². The van der Waals surface area contributed by atoms with E-state index in [1.165, 1.54) is 0 Å². The smallest absolute Gasteiger partial charge is 0.411 e. The number of rotatable bonds is 11. The largest absolute Gasteiger partial charge is 0.475 e. The molecule has 2 fully saturated rings. The number of nitriles is 1. The third kappa shape index (κ3) is 7.68. The third-order valence-electron chi connectivity index (χ3n) is 6.24. The van der Waals surface area contributed by atoms with E-state index in [2.05, 4.69) is 33.9 Å². The molecule has 178 valence electrons. The molecular weight excluding hydrogens is 447 g/mol. The Morgan fingerprint density at radius 1 is 1.09 bits per heavy atom. The van der Waals surface area contributed by atoms with Gasteiger partial charge in [0.15, 0.2) is 8.32 Å². The number of hydrogen-bond acceptors (Lipinski definition) is 8. The Bertz CT molecular complexity index is 702. The van der Waals surface area contributed by atoms with Crippen LogP contribution in [0.1, 0.15) is 53.4 Å². The van der Waals surface area contributed by atoms with Gasteiger partial charge in [-0.3, -0.25) is 13.6 Å². The Hall–Kier alpha value is -0.173. The van der Waals surface area contributed by atoms with E-state index in [-0.39, 0.29) is 36.9 Å². The summed E-state index contributed by atoms with van der Waals surface area (Å²) < 4.78 is 48.2. The lowest BCUT2D eigenvalue weighted by Crippen LogP contribution is -2.46. The molecule has 32 heavy (non-hydrogen) atoms. The normalized spacial score (nSPS) is 33.2. The van der Waals surface area contributed by atoms with E-state index in [0.29, 0.717) is 19.3 Å². The summed E-state index contributed by atoms with van der Waals surface area (Å²) in [5.41, 5.74) is 0. The Labute approximate surface area is 196 Å². The van der Waals surface area contributed by atoms with Gasteiger partial charge in [0.25, 0.3) is 0 Å². The van der Waals surface area contributed by atoms with E-state index < -0.39 is 40.4 Å². The molecule has 0 aromatic carbocycles. The van der Waals surface area contributed by atoms with Gasteiger partial charge >= 0.3 is 7.82 Å². The molecule has 0 aliphatic carbocycles. The minimum Gasteiger partial charge on any atom is -0.411 e. The number of phosphoric acid groups is 1. The molecule has 0 bridgehead atoms. The third-order valence-corrected chi connectivity index (χ3v) is 12.2. The van der Waals surface area contributed by atoms with E-state index in [1.807, 2.05) is 13.0 Å². The molecule has 0 N–H and O–H groups in total. The van der Waals surface area contributed by atoms with Crippen LogP contribution in [0.25, 0.3) is 0 Å². The monoisotopic (exact) mass is 483 g/mol. The van der Waals surface area contributed by atoms with Crippen molar-refractivity contribution in [2.24, 2.45) is 0 Å². The Morgan fingerprint density at radius 3 is 2.25 bits per heavy atom. The molecule has 8 nitrogen and oxygen atoms in total. The Balaban J connectivity index is 2.08. The number of hydrogen-bond donors (Lipinski definition) is 0. The van der Waals surface area contributed by atoms with Gasteiger partial charge in [0.05, 0.1) is 44.0 Å². The molecule has 7 atom stereocenters. The maximum atomic E-state index is 13.4. The van der Waals surface area contributed by atoms with Gasteiger partial charge in [0.2, 0.25) is 0 Å². The van der Waals surface area contributed by atoms with Gasteiger partial charge in [-0.25, -0.2) is 4.57 Å². The van der Waals surface area contributed by atoms with Gasteiger partial charge in [0, 0.05) is 12.0 Å². The summed E-state index contributed by atoms with van der Waals surface area (Å²) in [6.45, 7) is 12.5. The maximum absolute atomic E-state index is 13.4. The first-order chi connectivity index (χ1) is 14.8. The highest BCUT2D eigenvalue weighted by Gasteiger charge is 2.45. The van der Waals surface area contributed by atoms with Gasteiger partial charge in [-0.2, -0.15) is 5.26 Å². The van der Waals surface area contributed by atoms with Crippen LogP contribution in [0, 0.1) is 11.3 Å². The molecule has 12 heteroatoms.